The number of benzene rings is 4. The number of halogens is 1. The van der Waals surface area contributed by atoms with Gasteiger partial charge in [-0.25, -0.2) is 4.79 Å². The van der Waals surface area contributed by atoms with Crippen molar-refractivity contribution in [1.82, 2.24) is 4.98 Å². The standard InChI is InChI=1S/C27H19ClN2O2/c28-21-7-4-8-22(15-21)30-26-14-20-13-19(27(31)32-17-18-5-2-1-3-6-18)9-10-23(20)25-16-29-12-11-24(25)26/h1-16,30H,17H2. The third-order valence-corrected chi connectivity index (χ3v) is 5.54. The van der Waals surface area contributed by atoms with Crippen molar-refractivity contribution in [1.29, 1.82) is 0 Å². The number of nitrogens with one attached hydrogen (secondary N) is 1. The number of rotatable bonds is 5. The second-order valence-corrected chi connectivity index (χ2v) is 7.91. The van der Waals surface area contributed by atoms with E-state index in [1.54, 1.807) is 12.3 Å². The van der Waals surface area contributed by atoms with E-state index in [1.165, 1.54) is 0 Å². The summed E-state index contributed by atoms with van der Waals surface area (Å²) in [7, 11) is 0. The first-order valence-electron chi connectivity index (χ1n) is 10.2. The van der Waals surface area contributed by atoms with Crippen LogP contribution in [-0.4, -0.2) is 11.0 Å². The topological polar surface area (TPSA) is 51.2 Å². The molecule has 5 rings (SSSR count). The Morgan fingerprint density at radius 2 is 1.75 bits per heavy atom. The highest BCUT2D eigenvalue weighted by molar-refractivity contribution is 6.30. The van der Waals surface area contributed by atoms with Crippen molar-refractivity contribution >= 4 is 50.5 Å². The highest BCUT2D eigenvalue weighted by Gasteiger charge is 2.12. The van der Waals surface area contributed by atoms with E-state index >= 15 is 0 Å². The van der Waals surface area contributed by atoms with E-state index in [9.17, 15) is 4.79 Å². The van der Waals surface area contributed by atoms with Crippen molar-refractivity contribution in [3.63, 3.8) is 0 Å². The zero-order valence-electron chi connectivity index (χ0n) is 17.1. The average molecular weight is 439 g/mol. The predicted octanol–water partition coefficient (Wildman–Crippen LogP) is 7.14. The van der Waals surface area contributed by atoms with Gasteiger partial charge >= 0.3 is 5.97 Å². The minimum absolute atomic E-state index is 0.237. The van der Waals surface area contributed by atoms with Crippen LogP contribution in [0.4, 0.5) is 11.4 Å². The van der Waals surface area contributed by atoms with Crippen LogP contribution in [-0.2, 0) is 11.3 Å². The van der Waals surface area contributed by atoms with E-state index in [1.807, 2.05) is 85.1 Å². The van der Waals surface area contributed by atoms with Gasteiger partial charge in [-0.05, 0) is 58.8 Å². The lowest BCUT2D eigenvalue weighted by Gasteiger charge is -2.13. The second kappa shape index (κ2) is 8.69. The Kier molecular flexibility index (Phi) is 5.44. The molecule has 1 heterocycles. The molecule has 0 radical (unpaired) electrons. The number of carbonyl (C=O) groups is 1. The molecule has 5 aromatic rings. The van der Waals surface area contributed by atoms with Crippen LogP contribution in [0.5, 0.6) is 0 Å². The van der Waals surface area contributed by atoms with E-state index in [4.69, 9.17) is 16.3 Å². The maximum absolute atomic E-state index is 12.7. The molecule has 0 aliphatic rings. The Morgan fingerprint density at radius 1 is 0.875 bits per heavy atom. The highest BCUT2D eigenvalue weighted by Crippen LogP contribution is 2.34. The average Bonchev–Trinajstić information content (AvgIpc) is 2.83. The minimum Gasteiger partial charge on any atom is -0.457 e. The molecular weight excluding hydrogens is 420 g/mol. The van der Waals surface area contributed by atoms with Gasteiger partial charge in [0.15, 0.2) is 0 Å². The first-order valence-corrected chi connectivity index (χ1v) is 10.6. The number of pyridine rings is 1. The lowest BCUT2D eigenvalue weighted by molar-refractivity contribution is 0.0473. The normalized spacial score (nSPS) is 10.9. The Bertz CT molecular complexity index is 1430. The van der Waals surface area contributed by atoms with Crippen LogP contribution in [0.2, 0.25) is 5.02 Å². The molecule has 4 aromatic carbocycles. The van der Waals surface area contributed by atoms with Crippen molar-refractivity contribution in [3.8, 4) is 0 Å². The van der Waals surface area contributed by atoms with Crippen molar-refractivity contribution in [2.75, 3.05) is 5.32 Å². The molecule has 0 aliphatic carbocycles. The molecule has 0 amide bonds. The Balaban J connectivity index is 1.52. The quantitative estimate of drug-likeness (QED) is 0.234. The number of anilines is 2. The van der Waals surface area contributed by atoms with Gasteiger partial charge in [0.2, 0.25) is 0 Å². The summed E-state index contributed by atoms with van der Waals surface area (Å²) in [6.45, 7) is 0.237. The Morgan fingerprint density at radius 3 is 2.59 bits per heavy atom. The summed E-state index contributed by atoms with van der Waals surface area (Å²) in [6, 6.07) is 26.8. The number of aromatic nitrogens is 1. The fourth-order valence-corrected chi connectivity index (χ4v) is 3.95. The molecule has 0 atom stereocenters. The Hall–Kier alpha value is -3.89. The van der Waals surface area contributed by atoms with Gasteiger partial charge < -0.3 is 10.1 Å². The molecule has 1 aromatic heterocycles. The summed E-state index contributed by atoms with van der Waals surface area (Å²) in [4.78, 5) is 17.0. The number of nitrogens with zero attached hydrogens (tertiary/aromatic N) is 1. The first kappa shape index (κ1) is 20.0. The minimum atomic E-state index is -0.355. The van der Waals surface area contributed by atoms with Gasteiger partial charge in [-0.3, -0.25) is 4.98 Å². The van der Waals surface area contributed by atoms with E-state index < -0.39 is 0 Å². The molecule has 0 aliphatic heterocycles. The third-order valence-electron chi connectivity index (χ3n) is 5.30. The summed E-state index contributed by atoms with van der Waals surface area (Å²) >= 11 is 6.15. The lowest BCUT2D eigenvalue weighted by Crippen LogP contribution is -2.05. The van der Waals surface area contributed by atoms with Gasteiger partial charge in [0.05, 0.1) is 5.56 Å². The zero-order valence-corrected chi connectivity index (χ0v) is 17.8. The molecule has 0 saturated heterocycles. The molecule has 32 heavy (non-hydrogen) atoms. The molecule has 4 nitrogen and oxygen atoms in total. The largest absolute Gasteiger partial charge is 0.457 e. The van der Waals surface area contributed by atoms with Gasteiger partial charge in [0.25, 0.3) is 0 Å². The van der Waals surface area contributed by atoms with Gasteiger partial charge in [-0.15, -0.1) is 0 Å². The molecule has 0 saturated carbocycles. The second-order valence-electron chi connectivity index (χ2n) is 7.48. The maximum atomic E-state index is 12.7. The zero-order chi connectivity index (χ0) is 21.9. The molecule has 1 N–H and O–H groups in total. The van der Waals surface area contributed by atoms with E-state index in [0.717, 1.165) is 38.5 Å². The highest BCUT2D eigenvalue weighted by atomic mass is 35.5. The summed E-state index contributed by atoms with van der Waals surface area (Å²) in [5.74, 6) is -0.355. The van der Waals surface area contributed by atoms with E-state index in [2.05, 4.69) is 10.3 Å². The van der Waals surface area contributed by atoms with Crippen LogP contribution in [0.3, 0.4) is 0 Å². The molecule has 0 unspecified atom stereocenters. The SMILES string of the molecule is O=C(OCc1ccccc1)c1ccc2c(c1)cc(Nc1cccc(Cl)c1)c1ccncc12. The summed E-state index contributed by atoms with van der Waals surface area (Å²) < 4.78 is 5.51. The number of fused-ring (bicyclic) bond motifs is 3. The maximum Gasteiger partial charge on any atom is 0.338 e. The number of ether oxygens (including phenoxy) is 1. The van der Waals surface area contributed by atoms with E-state index in [-0.39, 0.29) is 12.6 Å². The lowest BCUT2D eigenvalue weighted by atomic mass is 10.00. The van der Waals surface area contributed by atoms with Crippen molar-refractivity contribution in [2.24, 2.45) is 0 Å². The van der Waals surface area contributed by atoms with Crippen molar-refractivity contribution < 1.29 is 9.53 Å². The van der Waals surface area contributed by atoms with Gasteiger partial charge in [-0.1, -0.05) is 54.1 Å². The first-order chi connectivity index (χ1) is 15.7. The fraction of sp³-hybridized carbons (Fsp3) is 0.0370. The van der Waals surface area contributed by atoms with Crippen molar-refractivity contribution in [3.05, 3.63) is 113 Å². The number of hydrogen-bond acceptors (Lipinski definition) is 4. The molecule has 0 fully saturated rings. The van der Waals surface area contributed by atoms with E-state index in [0.29, 0.717) is 10.6 Å². The number of carbonyl (C=O) groups excluding carboxylic acids is 1. The molecule has 156 valence electrons. The van der Waals surface area contributed by atoms with Gasteiger partial charge in [-0.2, -0.15) is 0 Å². The molecular formula is C27H19ClN2O2. The number of hydrogen-bond donors (Lipinski definition) is 1. The summed E-state index contributed by atoms with van der Waals surface area (Å²) in [5, 5.41) is 8.08. The van der Waals surface area contributed by atoms with Crippen LogP contribution >= 0.6 is 11.6 Å². The van der Waals surface area contributed by atoms with Crippen LogP contribution in [0.15, 0.2) is 97.3 Å². The molecule has 0 spiro atoms. The van der Waals surface area contributed by atoms with Gasteiger partial charge in [0.1, 0.15) is 6.61 Å². The monoisotopic (exact) mass is 438 g/mol. The smallest absolute Gasteiger partial charge is 0.338 e. The van der Waals surface area contributed by atoms with Crippen LogP contribution < -0.4 is 5.32 Å². The fourth-order valence-electron chi connectivity index (χ4n) is 3.76. The van der Waals surface area contributed by atoms with Gasteiger partial charge in [0, 0.05) is 39.6 Å². The Labute approximate surface area is 190 Å². The summed E-state index contributed by atoms with van der Waals surface area (Å²) in [5.41, 5.74) is 3.25. The number of esters is 1. The van der Waals surface area contributed by atoms with Crippen LogP contribution in [0.25, 0.3) is 21.5 Å². The predicted molar refractivity (Wildman–Crippen MR) is 130 cm³/mol. The van der Waals surface area contributed by atoms with Crippen LogP contribution in [0.1, 0.15) is 15.9 Å². The molecule has 0 bridgehead atoms. The molecule has 5 heteroatoms. The summed E-state index contributed by atoms with van der Waals surface area (Å²) in [6.07, 6.45) is 3.61. The van der Waals surface area contributed by atoms with Crippen LogP contribution in [0, 0.1) is 0 Å². The third kappa shape index (κ3) is 4.13. The van der Waals surface area contributed by atoms with Crippen molar-refractivity contribution in [2.45, 2.75) is 6.61 Å².